The molecule has 9 aliphatic carbocycles. The molecule has 0 aromatic rings. The summed E-state index contributed by atoms with van der Waals surface area (Å²) in [5.74, 6) is 0.565. The van der Waals surface area contributed by atoms with E-state index in [1.165, 1.54) is 12.8 Å². The minimum Gasteiger partial charge on any atom is -0.481 e. The number of fused-ring (bicyclic) bond motifs is 6. The normalized spacial score (nSPS) is 32.9. The lowest BCUT2D eigenvalue weighted by Crippen LogP contribution is -2.52. The molecule has 16 nitrogen and oxygen atoms in total. The van der Waals surface area contributed by atoms with Gasteiger partial charge in [0.25, 0.3) is 0 Å². The third kappa shape index (κ3) is 12.1. The van der Waals surface area contributed by atoms with Crippen molar-refractivity contribution in [2.45, 2.75) is 63.4 Å². The highest BCUT2D eigenvalue weighted by atomic mass is 17.5. The molecule has 0 aromatic carbocycles. The third-order valence-corrected chi connectivity index (χ3v) is 8.52. The lowest BCUT2D eigenvalue weighted by molar-refractivity contribution is -0.447. The summed E-state index contributed by atoms with van der Waals surface area (Å²) in [6.45, 7) is 0. The van der Waals surface area contributed by atoms with Gasteiger partial charge in [-0.05, 0) is 80.1 Å². The molecule has 8 N–H and O–H groups in total. The van der Waals surface area contributed by atoms with Crippen LogP contribution in [0.3, 0.4) is 0 Å². The van der Waals surface area contributed by atoms with Crippen molar-refractivity contribution in [3.8, 4) is 0 Å². The SMILES string of the molecule is O=C(O)C1(OO)CC2C=CC1CC2.O=C(O)C1CC2C=CC1CC2.O=C1CC2C=CC1CC2.[2H]N=C=O.[2H]N=COO.[2H]N=COOO. The summed E-state index contributed by atoms with van der Waals surface area (Å²) in [5.41, 5.74) is -1.38. The van der Waals surface area contributed by atoms with Crippen molar-refractivity contribution < 1.29 is 69.1 Å². The smallest absolute Gasteiger partial charge is 0.340 e. The van der Waals surface area contributed by atoms with Crippen molar-refractivity contribution in [3.63, 3.8) is 0 Å². The molecule has 0 saturated heterocycles. The number of carboxylic acids is 2. The number of carbonyl (C=O) groups is 3. The minimum absolute atomic E-state index is 0.0845. The fourth-order valence-corrected chi connectivity index (χ4v) is 6.33. The first-order chi connectivity index (χ1) is 23.1. The Labute approximate surface area is 263 Å². The first-order valence-corrected chi connectivity index (χ1v) is 14.1. The van der Waals surface area contributed by atoms with E-state index in [1.54, 1.807) is 0 Å². The zero-order valence-electron chi connectivity index (χ0n) is 27.4. The molecule has 6 bridgehead atoms. The van der Waals surface area contributed by atoms with Crippen LogP contribution in [0.15, 0.2) is 36.5 Å². The molecule has 16 heteroatoms. The molecule has 8 unspecified atom stereocenters. The Bertz CT molecular complexity index is 1210. The molecule has 0 aliphatic heterocycles. The fraction of sp³-hybridized carbons (Fsp3) is 0.586. The average Bonchev–Trinajstić information content (AvgIpc) is 3.13. The van der Waals surface area contributed by atoms with Gasteiger partial charge in [0.2, 0.25) is 25.9 Å². The van der Waals surface area contributed by atoms with Crippen molar-refractivity contribution in [2.75, 3.05) is 0 Å². The van der Waals surface area contributed by atoms with Gasteiger partial charge in [-0.15, -0.1) is 0 Å². The lowest BCUT2D eigenvalue weighted by atomic mass is 9.66. The highest BCUT2D eigenvalue weighted by Gasteiger charge is 2.52. The van der Waals surface area contributed by atoms with Crippen LogP contribution in [0.2, 0.25) is 4.24 Å². The van der Waals surface area contributed by atoms with E-state index in [4.69, 9.17) is 35.0 Å². The maximum Gasteiger partial charge on any atom is 0.340 e. The number of hydrogen-bond donors (Lipinski definition) is 8. The van der Waals surface area contributed by atoms with Gasteiger partial charge in [0.05, 0.1) is 5.92 Å². The molecule has 0 aromatic heterocycles. The van der Waals surface area contributed by atoms with Gasteiger partial charge in [0, 0.05) is 18.3 Å². The van der Waals surface area contributed by atoms with Crippen LogP contribution in [0, 0.1) is 57.6 Å². The zero-order chi connectivity index (χ0) is 36.0. The third-order valence-electron chi connectivity index (χ3n) is 8.52. The van der Waals surface area contributed by atoms with Gasteiger partial charge in [-0.3, -0.25) is 30.5 Å². The van der Waals surface area contributed by atoms with Crippen LogP contribution in [-0.2, 0) is 38.9 Å². The minimum atomic E-state index is -1.38. The molecule has 3 saturated carbocycles. The summed E-state index contributed by atoms with van der Waals surface area (Å²) >= 11 is 0. The lowest BCUT2D eigenvalue weighted by Gasteiger charge is -2.42. The first-order valence-electron chi connectivity index (χ1n) is 15.5. The molecule has 0 radical (unpaired) electrons. The van der Waals surface area contributed by atoms with Crippen LogP contribution in [0.25, 0.3) is 0 Å². The maximum atomic E-state index is 11.0. The van der Waals surface area contributed by atoms with Crippen molar-refractivity contribution >= 4 is 36.6 Å². The number of aliphatic carboxylic acids is 2. The van der Waals surface area contributed by atoms with Crippen LogP contribution in [0.5, 0.6) is 0 Å². The number of Topliss-reactive ketones (excluding diaryl/α,β-unsaturated/α-hetero) is 1. The standard InChI is InChI=1S/C9H12O4.C9H12O2.C8H10O.CH3NO3.CH3NO2.CHNO/c10-8(11)9(13-12)5-6-1-3-7(9)4-2-6;10-9(11)8-5-6-1-3-7(8)4-2-6;9-8-5-6-1-3-7(8)4-2-6;2-1-4-5-3;2-1-4-3;2-1-3/h1,3,6-7,12H,2,4-5H2,(H,10,11);1,3,6-8H,2,4-5H2,(H,10,11);1,3,6-7H,2,4-5H2;1-3H;1-3H;2H/i/hD3. The van der Waals surface area contributed by atoms with Crippen LogP contribution in [-0.4, -0.2) is 68.2 Å². The first kappa shape index (κ1) is 33.8. The molecule has 0 spiro atoms. The Morgan fingerprint density at radius 1 is 0.911 bits per heavy atom. The number of carbonyl (C=O) groups excluding carboxylic acids is 2. The summed E-state index contributed by atoms with van der Waals surface area (Å²) in [6, 6.07) is 0. The van der Waals surface area contributed by atoms with Crippen molar-refractivity contribution in [1.82, 2.24) is 0 Å². The van der Waals surface area contributed by atoms with Crippen LogP contribution in [0.4, 0.5) is 0 Å². The quantitative estimate of drug-likeness (QED) is 0.0495. The largest absolute Gasteiger partial charge is 0.481 e. The fourth-order valence-electron chi connectivity index (χ4n) is 6.33. The van der Waals surface area contributed by atoms with Crippen molar-refractivity contribution in [2.24, 2.45) is 41.4 Å². The molecule has 45 heavy (non-hydrogen) atoms. The van der Waals surface area contributed by atoms with E-state index in [0.717, 1.165) is 44.6 Å². The number of allylic oxidation sites excluding steroid dienone is 5. The van der Waals surface area contributed by atoms with Gasteiger partial charge >= 0.3 is 11.9 Å². The average molecular weight is 643 g/mol. The number of isocyanates is 1. The summed E-state index contributed by atoms with van der Waals surface area (Å²) in [4.78, 5) is 52.4. The van der Waals surface area contributed by atoms with Gasteiger partial charge in [-0.25, -0.2) is 30.4 Å². The topological polar surface area (TPSA) is 278 Å². The summed E-state index contributed by atoms with van der Waals surface area (Å²) in [7, 11) is 0. The van der Waals surface area contributed by atoms with E-state index in [0.29, 0.717) is 48.7 Å². The highest BCUT2D eigenvalue weighted by Crippen LogP contribution is 2.45. The molecule has 8 atom stereocenters. The van der Waals surface area contributed by atoms with Gasteiger partial charge in [-0.2, -0.15) is 0 Å². The van der Waals surface area contributed by atoms with Crippen LogP contribution < -0.4 is 0 Å². The second-order valence-electron chi connectivity index (χ2n) is 11.0. The molecular weight excluding hydrogens is 598 g/mol. The molecule has 0 heterocycles. The number of ketones is 1. The van der Waals surface area contributed by atoms with E-state index in [2.05, 4.69) is 60.2 Å². The Hall–Kier alpha value is -4.05. The molecule has 9 aliphatic rings. The van der Waals surface area contributed by atoms with Gasteiger partial charge in [0.15, 0.2) is 2.82 Å². The van der Waals surface area contributed by atoms with Crippen LogP contribution in [0.1, 0.15) is 57.8 Å². The number of rotatable bonds is 6. The van der Waals surface area contributed by atoms with Crippen molar-refractivity contribution in [1.29, 1.82) is 16.2 Å². The molecule has 250 valence electrons. The number of carboxylic acid groups (broad SMARTS) is 2. The Morgan fingerprint density at radius 2 is 1.58 bits per heavy atom. The molecule has 9 rings (SSSR count). The zero-order valence-corrected chi connectivity index (χ0v) is 24.4. The Balaban J connectivity index is 0.000000303. The van der Waals surface area contributed by atoms with Gasteiger partial charge in [-0.1, -0.05) is 36.5 Å². The predicted molar refractivity (Wildman–Crippen MR) is 155 cm³/mol. The van der Waals surface area contributed by atoms with E-state index >= 15 is 0 Å². The second-order valence-corrected chi connectivity index (χ2v) is 11.0. The van der Waals surface area contributed by atoms with E-state index < -0.39 is 17.5 Å². The summed E-state index contributed by atoms with van der Waals surface area (Å²) in [5, 5.41) is 51.4. The van der Waals surface area contributed by atoms with Crippen molar-refractivity contribution in [3.05, 3.63) is 36.5 Å². The monoisotopic (exact) mass is 642 g/mol. The summed E-state index contributed by atoms with van der Waals surface area (Å²) < 4.78 is 17.5. The van der Waals surface area contributed by atoms with Gasteiger partial charge in [0.1, 0.15) is 5.78 Å². The number of hydrogen-bond acceptors (Lipinski definition) is 14. The summed E-state index contributed by atoms with van der Waals surface area (Å²) in [6.07, 6.45) is 23.1. The predicted octanol–water partition coefficient (Wildman–Crippen LogP) is 4.50. The number of nitrogens with one attached hydrogen (secondary N) is 3. The molecule has 3 fully saturated rings. The second kappa shape index (κ2) is 20.8. The van der Waals surface area contributed by atoms with E-state index in [9.17, 15) is 14.4 Å². The van der Waals surface area contributed by atoms with E-state index in [1.807, 2.05) is 12.2 Å². The Kier molecular flexibility index (Phi) is 15.7. The molecule has 0 amide bonds. The Morgan fingerprint density at radius 3 is 1.78 bits per heavy atom. The molecular formula is C29H41N3O13. The van der Waals surface area contributed by atoms with E-state index in [-0.39, 0.29) is 17.8 Å². The van der Waals surface area contributed by atoms with Crippen LogP contribution >= 0.6 is 0 Å². The van der Waals surface area contributed by atoms with Gasteiger partial charge < -0.3 is 15.1 Å². The highest BCUT2D eigenvalue weighted by molar-refractivity contribution is 5.85. The maximum absolute atomic E-state index is 11.0.